The lowest BCUT2D eigenvalue weighted by Crippen LogP contribution is -2.17. The first-order valence-corrected chi connectivity index (χ1v) is 4.55. The summed E-state index contributed by atoms with van der Waals surface area (Å²) in [5.41, 5.74) is 0.632. The zero-order valence-corrected chi connectivity index (χ0v) is 8.78. The van der Waals surface area contributed by atoms with E-state index in [1.807, 2.05) is 0 Å². The van der Waals surface area contributed by atoms with Crippen LogP contribution >= 0.6 is 0 Å². The molecule has 92 valence electrons. The van der Waals surface area contributed by atoms with E-state index in [1.54, 1.807) is 0 Å². The van der Waals surface area contributed by atoms with E-state index < -0.39 is 12.3 Å². The van der Waals surface area contributed by atoms with Crippen molar-refractivity contribution in [3.63, 3.8) is 0 Å². The molecule has 0 saturated carbocycles. The van der Waals surface area contributed by atoms with E-state index in [0.29, 0.717) is 11.1 Å². The van der Waals surface area contributed by atoms with Gasteiger partial charge in [0, 0.05) is 6.08 Å². The lowest BCUT2D eigenvalue weighted by Gasteiger charge is -2.11. The first kappa shape index (κ1) is 13.1. The van der Waals surface area contributed by atoms with Crippen molar-refractivity contribution in [2.75, 3.05) is 0 Å². The topological polar surface area (TPSA) is 46.5 Å². The van der Waals surface area contributed by atoms with Crippen LogP contribution in [0.3, 0.4) is 0 Å². The Morgan fingerprint density at radius 3 is 2.59 bits per heavy atom. The third-order valence-electron chi connectivity index (χ3n) is 1.86. The van der Waals surface area contributed by atoms with E-state index in [0.717, 1.165) is 12.1 Å². The summed E-state index contributed by atoms with van der Waals surface area (Å²) in [5.74, 6) is -1.52. The van der Waals surface area contributed by atoms with Crippen LogP contribution in [-0.4, -0.2) is 17.4 Å². The van der Waals surface area contributed by atoms with Crippen molar-refractivity contribution in [1.82, 2.24) is 0 Å². The first-order valence-electron chi connectivity index (χ1n) is 4.55. The predicted molar refractivity (Wildman–Crippen MR) is 54.5 cm³/mol. The van der Waals surface area contributed by atoms with Crippen molar-refractivity contribution in [2.45, 2.75) is 13.3 Å². The largest absolute Gasteiger partial charge is 0.573 e. The highest BCUT2D eigenvalue weighted by Gasteiger charge is 2.31. The number of aryl methyl sites for hydroxylation is 1. The van der Waals surface area contributed by atoms with Gasteiger partial charge in [-0.2, -0.15) is 0 Å². The third-order valence-corrected chi connectivity index (χ3v) is 1.86. The lowest BCUT2D eigenvalue weighted by molar-refractivity contribution is -0.274. The standard InChI is InChI=1S/C11H9F3O3/c1-7-2-3-8(4-5-10(15)16)6-9(7)17-11(12,13)14/h2-6H,1H3,(H,15,16)/b5-4+. The van der Waals surface area contributed by atoms with Crippen molar-refractivity contribution < 1.29 is 27.8 Å². The predicted octanol–water partition coefficient (Wildman–Crippen LogP) is 2.99. The van der Waals surface area contributed by atoms with Crippen LogP contribution in [0.5, 0.6) is 5.75 Å². The molecule has 0 aliphatic rings. The number of hydrogen-bond donors (Lipinski definition) is 1. The van der Waals surface area contributed by atoms with E-state index in [9.17, 15) is 18.0 Å². The molecule has 6 heteroatoms. The number of ether oxygens (including phenoxy) is 1. The Morgan fingerprint density at radius 2 is 2.06 bits per heavy atom. The second kappa shape index (κ2) is 4.90. The summed E-state index contributed by atoms with van der Waals surface area (Å²) < 4.78 is 39.9. The van der Waals surface area contributed by atoms with Crippen molar-refractivity contribution in [2.24, 2.45) is 0 Å². The van der Waals surface area contributed by atoms with Crippen molar-refractivity contribution in [3.8, 4) is 5.75 Å². The molecule has 17 heavy (non-hydrogen) atoms. The van der Waals surface area contributed by atoms with E-state index in [4.69, 9.17) is 5.11 Å². The van der Waals surface area contributed by atoms with Crippen LogP contribution in [-0.2, 0) is 4.79 Å². The molecule has 1 aromatic rings. The van der Waals surface area contributed by atoms with Gasteiger partial charge in [0.25, 0.3) is 0 Å². The minimum Gasteiger partial charge on any atom is -0.478 e. The Kier molecular flexibility index (Phi) is 3.77. The fourth-order valence-electron chi connectivity index (χ4n) is 1.12. The van der Waals surface area contributed by atoms with Gasteiger partial charge in [0.1, 0.15) is 5.75 Å². The van der Waals surface area contributed by atoms with Crippen LogP contribution in [0.1, 0.15) is 11.1 Å². The molecular weight excluding hydrogens is 237 g/mol. The van der Waals surface area contributed by atoms with E-state index in [2.05, 4.69) is 4.74 Å². The zero-order chi connectivity index (χ0) is 13.1. The Balaban J connectivity index is 2.98. The van der Waals surface area contributed by atoms with Crippen LogP contribution in [0, 0.1) is 6.92 Å². The Bertz CT molecular complexity index is 450. The highest BCUT2D eigenvalue weighted by atomic mass is 19.4. The fourth-order valence-corrected chi connectivity index (χ4v) is 1.12. The second-order valence-electron chi connectivity index (χ2n) is 3.24. The SMILES string of the molecule is Cc1ccc(/C=C/C(=O)O)cc1OC(F)(F)F. The maximum Gasteiger partial charge on any atom is 0.573 e. The second-order valence-corrected chi connectivity index (χ2v) is 3.24. The molecule has 3 nitrogen and oxygen atoms in total. The van der Waals surface area contributed by atoms with Gasteiger partial charge in [0.05, 0.1) is 0 Å². The number of halogens is 3. The van der Waals surface area contributed by atoms with E-state index in [1.165, 1.54) is 25.1 Å². The smallest absolute Gasteiger partial charge is 0.478 e. The molecule has 0 saturated heterocycles. The molecule has 0 unspecified atom stereocenters. The van der Waals surface area contributed by atoms with Gasteiger partial charge in [-0.05, 0) is 30.2 Å². The van der Waals surface area contributed by atoms with Crippen molar-refractivity contribution in [1.29, 1.82) is 0 Å². The lowest BCUT2D eigenvalue weighted by atomic mass is 10.1. The summed E-state index contributed by atoms with van der Waals surface area (Å²) in [6.45, 7) is 1.46. The summed E-state index contributed by atoms with van der Waals surface area (Å²) >= 11 is 0. The number of rotatable bonds is 3. The highest BCUT2D eigenvalue weighted by Crippen LogP contribution is 2.27. The third kappa shape index (κ3) is 4.58. The van der Waals surface area contributed by atoms with Gasteiger partial charge in [0.2, 0.25) is 0 Å². The van der Waals surface area contributed by atoms with Gasteiger partial charge in [-0.1, -0.05) is 12.1 Å². The molecule has 1 N–H and O–H groups in total. The first-order chi connectivity index (χ1) is 7.78. The summed E-state index contributed by atoms with van der Waals surface area (Å²) in [4.78, 5) is 10.3. The van der Waals surface area contributed by atoms with Gasteiger partial charge in [-0.25, -0.2) is 4.79 Å². The normalized spacial score (nSPS) is 11.8. The van der Waals surface area contributed by atoms with Crippen LogP contribution in [0.15, 0.2) is 24.3 Å². The summed E-state index contributed by atoms with van der Waals surface area (Å²) in [5, 5.41) is 8.39. The minimum absolute atomic E-state index is 0.315. The van der Waals surface area contributed by atoms with E-state index in [-0.39, 0.29) is 5.75 Å². The average molecular weight is 246 g/mol. The number of aliphatic carboxylic acids is 1. The summed E-state index contributed by atoms with van der Waals surface area (Å²) in [6, 6.07) is 4.04. The van der Waals surface area contributed by atoms with Crippen LogP contribution < -0.4 is 4.74 Å². The fraction of sp³-hybridized carbons (Fsp3) is 0.182. The van der Waals surface area contributed by atoms with Gasteiger partial charge >= 0.3 is 12.3 Å². The molecule has 0 bridgehead atoms. The Hall–Kier alpha value is -1.98. The number of carboxylic acid groups (broad SMARTS) is 1. The number of hydrogen-bond acceptors (Lipinski definition) is 2. The molecule has 0 spiro atoms. The number of carboxylic acids is 1. The van der Waals surface area contributed by atoms with Gasteiger partial charge in [0.15, 0.2) is 0 Å². The molecule has 0 heterocycles. The molecule has 0 aliphatic heterocycles. The van der Waals surface area contributed by atoms with Crippen LogP contribution in [0.25, 0.3) is 6.08 Å². The monoisotopic (exact) mass is 246 g/mol. The van der Waals surface area contributed by atoms with Crippen LogP contribution in [0.4, 0.5) is 13.2 Å². The minimum atomic E-state index is -4.76. The van der Waals surface area contributed by atoms with Gasteiger partial charge < -0.3 is 9.84 Å². The molecule has 0 aromatic heterocycles. The molecule has 1 rings (SSSR count). The molecule has 0 aliphatic carbocycles. The number of benzene rings is 1. The van der Waals surface area contributed by atoms with Crippen molar-refractivity contribution >= 4 is 12.0 Å². The molecule has 1 aromatic carbocycles. The van der Waals surface area contributed by atoms with Crippen molar-refractivity contribution in [3.05, 3.63) is 35.4 Å². The highest BCUT2D eigenvalue weighted by molar-refractivity contribution is 5.85. The molecule has 0 amide bonds. The maximum atomic E-state index is 12.0. The molecular formula is C11H9F3O3. The Morgan fingerprint density at radius 1 is 1.41 bits per heavy atom. The zero-order valence-electron chi connectivity index (χ0n) is 8.78. The molecule has 0 atom stereocenters. The van der Waals surface area contributed by atoms with Crippen LogP contribution in [0.2, 0.25) is 0 Å². The van der Waals surface area contributed by atoms with Gasteiger partial charge in [-0.3, -0.25) is 0 Å². The molecule has 0 radical (unpaired) electrons. The maximum absolute atomic E-state index is 12.0. The summed E-state index contributed by atoms with van der Waals surface area (Å²) in [6.07, 6.45) is -2.74. The van der Waals surface area contributed by atoms with E-state index >= 15 is 0 Å². The van der Waals surface area contributed by atoms with Gasteiger partial charge in [-0.15, -0.1) is 13.2 Å². The number of alkyl halides is 3. The molecule has 0 fully saturated rings. The summed E-state index contributed by atoms with van der Waals surface area (Å²) in [7, 11) is 0. The number of carbonyl (C=O) groups is 1. The average Bonchev–Trinajstić information content (AvgIpc) is 2.17. The quantitative estimate of drug-likeness (QED) is 0.834. The Labute approximate surface area is 95.1 Å².